The lowest BCUT2D eigenvalue weighted by molar-refractivity contribution is -0.119. The number of carbonyl (C=O) groups is 1. The zero-order valence-corrected chi connectivity index (χ0v) is 11.8. The molecule has 1 atom stereocenters. The van der Waals surface area contributed by atoms with Crippen LogP contribution in [0.15, 0.2) is 0 Å². The van der Waals surface area contributed by atoms with Gasteiger partial charge in [-0.25, -0.2) is 0 Å². The van der Waals surface area contributed by atoms with Crippen LogP contribution < -0.4 is 10.6 Å². The summed E-state index contributed by atoms with van der Waals surface area (Å²) < 4.78 is 5.65. The average Bonchev–Trinajstić information content (AvgIpc) is 2.41. The first kappa shape index (κ1) is 14.2. The lowest BCUT2D eigenvalue weighted by atomic mass is 10.1. The standard InChI is InChI=1S/C13H24N2O2S/c16-13(15-11-4-6-14-7-5-11)10-18-9-12-3-1-2-8-17-12/h11-12,14H,1-10H2,(H,15,16). The van der Waals surface area contributed by atoms with Gasteiger partial charge in [0.25, 0.3) is 0 Å². The van der Waals surface area contributed by atoms with Crippen molar-refractivity contribution in [2.24, 2.45) is 0 Å². The smallest absolute Gasteiger partial charge is 0.230 e. The van der Waals surface area contributed by atoms with Crippen molar-refractivity contribution >= 4 is 17.7 Å². The van der Waals surface area contributed by atoms with E-state index < -0.39 is 0 Å². The fourth-order valence-electron chi connectivity index (χ4n) is 2.46. The molecule has 1 unspecified atom stereocenters. The maximum absolute atomic E-state index is 11.8. The minimum Gasteiger partial charge on any atom is -0.377 e. The molecule has 0 bridgehead atoms. The molecule has 2 aliphatic rings. The SMILES string of the molecule is O=C(CSCC1CCCCO1)NC1CCNCC1. The second kappa shape index (κ2) is 8.02. The molecule has 2 N–H and O–H groups in total. The number of hydrogen-bond acceptors (Lipinski definition) is 4. The van der Waals surface area contributed by atoms with E-state index in [1.165, 1.54) is 12.8 Å². The summed E-state index contributed by atoms with van der Waals surface area (Å²) in [4.78, 5) is 11.8. The molecule has 1 amide bonds. The lowest BCUT2D eigenvalue weighted by Crippen LogP contribution is -2.43. The predicted octanol–water partition coefficient (Wildman–Crippen LogP) is 1.16. The quantitative estimate of drug-likeness (QED) is 0.788. The third-order valence-electron chi connectivity index (χ3n) is 3.52. The normalized spacial score (nSPS) is 25.9. The second-order valence-corrected chi connectivity index (χ2v) is 6.13. The Kier molecular flexibility index (Phi) is 6.31. The van der Waals surface area contributed by atoms with Crippen LogP contribution >= 0.6 is 11.8 Å². The first-order valence-corrected chi connectivity index (χ1v) is 8.19. The van der Waals surface area contributed by atoms with Gasteiger partial charge in [0.1, 0.15) is 0 Å². The third-order valence-corrected chi connectivity index (χ3v) is 4.59. The van der Waals surface area contributed by atoms with Crippen LogP contribution in [0.3, 0.4) is 0 Å². The highest BCUT2D eigenvalue weighted by atomic mass is 32.2. The van der Waals surface area contributed by atoms with Crippen LogP contribution in [0.1, 0.15) is 32.1 Å². The van der Waals surface area contributed by atoms with Crippen molar-refractivity contribution in [1.29, 1.82) is 0 Å². The van der Waals surface area contributed by atoms with Gasteiger partial charge < -0.3 is 15.4 Å². The molecule has 2 aliphatic heterocycles. The molecule has 18 heavy (non-hydrogen) atoms. The highest BCUT2D eigenvalue weighted by molar-refractivity contribution is 7.99. The molecule has 5 heteroatoms. The Morgan fingerprint density at radius 3 is 2.83 bits per heavy atom. The molecular weight excluding hydrogens is 248 g/mol. The number of ether oxygens (including phenoxy) is 1. The van der Waals surface area contributed by atoms with Crippen molar-refractivity contribution in [3.63, 3.8) is 0 Å². The summed E-state index contributed by atoms with van der Waals surface area (Å²) in [6.45, 7) is 2.94. The van der Waals surface area contributed by atoms with Crippen LogP contribution in [0.5, 0.6) is 0 Å². The second-order valence-electron chi connectivity index (χ2n) is 5.10. The summed E-state index contributed by atoms with van der Waals surface area (Å²) in [5.74, 6) is 1.71. The van der Waals surface area contributed by atoms with E-state index in [1.54, 1.807) is 11.8 Å². The van der Waals surface area contributed by atoms with Gasteiger partial charge in [-0.15, -0.1) is 11.8 Å². The molecule has 2 saturated heterocycles. The predicted molar refractivity (Wildman–Crippen MR) is 75.0 cm³/mol. The van der Waals surface area contributed by atoms with Gasteiger partial charge in [0.2, 0.25) is 5.91 Å². The van der Waals surface area contributed by atoms with Crippen molar-refractivity contribution in [3.8, 4) is 0 Å². The van der Waals surface area contributed by atoms with Gasteiger partial charge in [0, 0.05) is 18.4 Å². The van der Waals surface area contributed by atoms with Gasteiger partial charge in [-0.2, -0.15) is 0 Å². The lowest BCUT2D eigenvalue weighted by Gasteiger charge is -2.24. The Morgan fingerprint density at radius 1 is 1.28 bits per heavy atom. The summed E-state index contributed by atoms with van der Waals surface area (Å²) in [6, 6.07) is 0.380. The monoisotopic (exact) mass is 272 g/mol. The minimum atomic E-state index is 0.183. The molecule has 0 aliphatic carbocycles. The van der Waals surface area contributed by atoms with E-state index in [0.29, 0.717) is 17.9 Å². The molecule has 2 rings (SSSR count). The molecule has 0 radical (unpaired) electrons. The van der Waals surface area contributed by atoms with Gasteiger partial charge in [-0.05, 0) is 45.2 Å². The molecular formula is C13H24N2O2S. The highest BCUT2D eigenvalue weighted by Crippen LogP contribution is 2.17. The van der Waals surface area contributed by atoms with Crippen LogP contribution in [-0.4, -0.2) is 49.3 Å². The number of nitrogens with one attached hydrogen (secondary N) is 2. The van der Waals surface area contributed by atoms with Crippen molar-refractivity contribution in [2.75, 3.05) is 31.2 Å². The molecule has 2 heterocycles. The van der Waals surface area contributed by atoms with E-state index in [2.05, 4.69) is 10.6 Å². The van der Waals surface area contributed by atoms with Gasteiger partial charge in [0.05, 0.1) is 11.9 Å². The molecule has 0 spiro atoms. The minimum absolute atomic E-state index is 0.183. The topological polar surface area (TPSA) is 50.4 Å². The van der Waals surface area contributed by atoms with Crippen LogP contribution in [0.25, 0.3) is 0 Å². The van der Waals surface area contributed by atoms with Crippen LogP contribution in [0.4, 0.5) is 0 Å². The van der Waals surface area contributed by atoms with E-state index in [1.807, 2.05) is 0 Å². The summed E-state index contributed by atoms with van der Waals surface area (Å²) >= 11 is 1.70. The van der Waals surface area contributed by atoms with Crippen LogP contribution in [0.2, 0.25) is 0 Å². The highest BCUT2D eigenvalue weighted by Gasteiger charge is 2.17. The maximum Gasteiger partial charge on any atom is 0.230 e. The summed E-state index contributed by atoms with van der Waals surface area (Å²) in [5, 5.41) is 6.42. The first-order chi connectivity index (χ1) is 8.84. The molecule has 0 saturated carbocycles. The number of rotatable bonds is 5. The van der Waals surface area contributed by atoms with Gasteiger partial charge in [0.15, 0.2) is 0 Å². The summed E-state index contributed by atoms with van der Waals surface area (Å²) in [6.07, 6.45) is 6.10. The number of carbonyl (C=O) groups excluding carboxylic acids is 1. The largest absolute Gasteiger partial charge is 0.377 e. The number of amides is 1. The first-order valence-electron chi connectivity index (χ1n) is 7.04. The van der Waals surface area contributed by atoms with Crippen LogP contribution in [-0.2, 0) is 9.53 Å². The van der Waals surface area contributed by atoms with Gasteiger partial charge >= 0.3 is 0 Å². The van der Waals surface area contributed by atoms with E-state index in [9.17, 15) is 4.79 Å². The number of piperidine rings is 1. The Balaban J connectivity index is 1.53. The number of hydrogen-bond donors (Lipinski definition) is 2. The van der Waals surface area contributed by atoms with Crippen molar-refractivity contribution in [2.45, 2.75) is 44.2 Å². The fourth-order valence-corrected chi connectivity index (χ4v) is 3.37. The van der Waals surface area contributed by atoms with E-state index >= 15 is 0 Å². The van der Waals surface area contributed by atoms with E-state index in [0.717, 1.165) is 44.7 Å². The molecule has 0 aromatic rings. The summed E-state index contributed by atoms with van der Waals surface area (Å²) in [7, 11) is 0. The molecule has 0 aromatic carbocycles. The van der Waals surface area contributed by atoms with Gasteiger partial charge in [-0.3, -0.25) is 4.79 Å². The van der Waals surface area contributed by atoms with Crippen molar-refractivity contribution in [1.82, 2.24) is 10.6 Å². The maximum atomic E-state index is 11.8. The molecule has 2 fully saturated rings. The van der Waals surface area contributed by atoms with Gasteiger partial charge in [-0.1, -0.05) is 0 Å². The van der Waals surface area contributed by atoms with Crippen molar-refractivity contribution in [3.05, 3.63) is 0 Å². The zero-order valence-electron chi connectivity index (χ0n) is 11.0. The Morgan fingerprint density at radius 2 is 2.11 bits per heavy atom. The summed E-state index contributed by atoms with van der Waals surface area (Å²) in [5.41, 5.74) is 0. The Hall–Kier alpha value is -0.260. The van der Waals surface area contributed by atoms with E-state index in [4.69, 9.17) is 4.74 Å². The third kappa shape index (κ3) is 5.16. The fraction of sp³-hybridized carbons (Fsp3) is 0.923. The number of thioether (sulfide) groups is 1. The van der Waals surface area contributed by atoms with E-state index in [-0.39, 0.29) is 5.91 Å². The molecule has 4 nitrogen and oxygen atoms in total. The van der Waals surface area contributed by atoms with Crippen molar-refractivity contribution < 1.29 is 9.53 Å². The molecule has 0 aromatic heterocycles. The Bertz CT molecular complexity index is 251. The zero-order chi connectivity index (χ0) is 12.6. The Labute approximate surface area is 114 Å². The van der Waals surface area contributed by atoms with Crippen LogP contribution in [0, 0.1) is 0 Å². The average molecular weight is 272 g/mol. The molecule has 104 valence electrons.